The van der Waals surface area contributed by atoms with Gasteiger partial charge in [0.1, 0.15) is 18.8 Å². The molecular weight excluding hydrogens is 412 g/mol. The summed E-state index contributed by atoms with van der Waals surface area (Å²) in [5.41, 5.74) is 0. The molecule has 0 aliphatic rings. The van der Waals surface area contributed by atoms with Gasteiger partial charge >= 0.3 is 31.7 Å². The molecule has 0 rings (SSSR count). The lowest BCUT2D eigenvalue weighted by molar-refractivity contribution is -0.0310. The highest BCUT2D eigenvalue weighted by Crippen LogP contribution is 2.45. The fraction of sp³-hybridized carbons (Fsp3) is 1.00. The van der Waals surface area contributed by atoms with Gasteiger partial charge in [0, 0.05) is 4.57 Å². The fourth-order valence-corrected chi connectivity index (χ4v) is 2.79. The summed E-state index contributed by atoms with van der Waals surface area (Å²) in [5.74, 6) is 0. The SMILES string of the molecule is O=[P+](O)OC[C@H](OP(=O)(O)O)[C@@H](COP(=O)(O)O)OP(=O)(O)O. The van der Waals surface area contributed by atoms with E-state index in [1.165, 1.54) is 0 Å². The number of rotatable bonds is 11. The van der Waals surface area contributed by atoms with Crippen LogP contribution in [-0.4, -0.2) is 59.7 Å². The lowest BCUT2D eigenvalue weighted by atomic mass is 10.2. The molecule has 0 bridgehead atoms. The van der Waals surface area contributed by atoms with Crippen molar-refractivity contribution in [2.24, 2.45) is 0 Å². The van der Waals surface area contributed by atoms with E-state index in [-0.39, 0.29) is 0 Å². The van der Waals surface area contributed by atoms with Crippen molar-refractivity contribution in [1.82, 2.24) is 0 Å². The normalized spacial score (nSPS) is 16.9. The second-order valence-electron chi connectivity index (χ2n) is 3.59. The maximum atomic E-state index is 10.8. The second-order valence-corrected chi connectivity index (χ2v) is 7.95. The maximum Gasteiger partial charge on any atom is 0.694 e. The van der Waals surface area contributed by atoms with Gasteiger partial charge in [-0.15, -0.1) is 9.42 Å². The Morgan fingerprint density at radius 2 is 1.17 bits per heavy atom. The van der Waals surface area contributed by atoms with Crippen LogP contribution in [0.5, 0.6) is 0 Å². The molecule has 138 valence electrons. The van der Waals surface area contributed by atoms with E-state index in [1.807, 2.05) is 0 Å². The lowest BCUT2D eigenvalue weighted by Gasteiger charge is -2.25. The fourth-order valence-electron chi connectivity index (χ4n) is 1.07. The molecule has 0 aliphatic carbocycles. The Kier molecular flexibility index (Phi) is 9.30. The van der Waals surface area contributed by atoms with Gasteiger partial charge in [0.05, 0.1) is 6.61 Å². The Labute approximate surface area is 128 Å². The monoisotopic (exact) mass is 425 g/mol. The minimum absolute atomic E-state index is 1.13. The summed E-state index contributed by atoms with van der Waals surface area (Å²) in [6.45, 7) is -2.43. The molecule has 1 unspecified atom stereocenters. The zero-order chi connectivity index (χ0) is 18.5. The predicted molar refractivity (Wildman–Crippen MR) is 67.6 cm³/mol. The van der Waals surface area contributed by atoms with Gasteiger partial charge in [-0.1, -0.05) is 0 Å². The van der Waals surface area contributed by atoms with E-state index < -0.39 is 57.1 Å². The zero-order valence-electron chi connectivity index (χ0n) is 10.8. The first-order chi connectivity index (χ1) is 10.1. The van der Waals surface area contributed by atoms with Crippen LogP contribution in [0.15, 0.2) is 0 Å². The quantitative estimate of drug-likeness (QED) is 0.190. The van der Waals surface area contributed by atoms with Crippen molar-refractivity contribution in [2.45, 2.75) is 12.2 Å². The summed E-state index contributed by atoms with van der Waals surface area (Å²) in [6.07, 6.45) is -4.30. The van der Waals surface area contributed by atoms with Crippen LogP contribution in [0.25, 0.3) is 0 Å². The molecule has 0 aromatic rings. The number of hydrogen-bond donors (Lipinski definition) is 7. The summed E-state index contributed by atoms with van der Waals surface area (Å²) < 4.78 is 58.7. The van der Waals surface area contributed by atoms with Crippen LogP contribution >= 0.6 is 31.7 Å². The van der Waals surface area contributed by atoms with Gasteiger partial charge in [0.15, 0.2) is 0 Å². The van der Waals surface area contributed by atoms with E-state index in [2.05, 4.69) is 18.1 Å². The van der Waals surface area contributed by atoms with Crippen LogP contribution in [0.3, 0.4) is 0 Å². The van der Waals surface area contributed by atoms with E-state index in [0.29, 0.717) is 0 Å². The molecule has 3 atom stereocenters. The highest BCUT2D eigenvalue weighted by molar-refractivity contribution is 7.47. The molecule has 0 spiro atoms. The highest BCUT2D eigenvalue weighted by atomic mass is 31.2. The van der Waals surface area contributed by atoms with Crippen molar-refractivity contribution in [2.75, 3.05) is 13.2 Å². The van der Waals surface area contributed by atoms with Crippen LogP contribution in [0.1, 0.15) is 0 Å². The Bertz CT molecular complexity index is 526. The molecule has 0 aromatic carbocycles. The third kappa shape index (κ3) is 14.4. The Balaban J connectivity index is 5.30. The molecule has 19 heteroatoms. The molecule has 23 heavy (non-hydrogen) atoms. The van der Waals surface area contributed by atoms with Crippen molar-refractivity contribution < 1.29 is 70.6 Å². The lowest BCUT2D eigenvalue weighted by Crippen LogP contribution is -2.37. The van der Waals surface area contributed by atoms with Gasteiger partial charge in [-0.25, -0.2) is 13.7 Å². The van der Waals surface area contributed by atoms with Crippen molar-refractivity contribution >= 4 is 31.7 Å². The molecule has 0 saturated carbocycles. The van der Waals surface area contributed by atoms with Gasteiger partial charge in [-0.05, 0) is 0 Å². The summed E-state index contributed by atoms with van der Waals surface area (Å²) in [6, 6.07) is 0. The molecule has 15 nitrogen and oxygen atoms in total. The molecule has 0 amide bonds. The zero-order valence-corrected chi connectivity index (χ0v) is 14.3. The number of hydrogen-bond acceptors (Lipinski definition) is 8. The van der Waals surface area contributed by atoms with E-state index in [0.717, 1.165) is 0 Å². The minimum atomic E-state index is -5.33. The first-order valence-electron chi connectivity index (χ1n) is 5.06. The van der Waals surface area contributed by atoms with Crippen molar-refractivity contribution in [3.05, 3.63) is 0 Å². The molecule has 7 N–H and O–H groups in total. The van der Waals surface area contributed by atoms with E-state index in [1.54, 1.807) is 0 Å². The average molecular weight is 425 g/mol. The molecule has 0 aliphatic heterocycles. The van der Waals surface area contributed by atoms with Gasteiger partial charge in [0.2, 0.25) is 0 Å². The summed E-state index contributed by atoms with van der Waals surface area (Å²) >= 11 is 0. The molecular formula is C4H13O15P4+. The van der Waals surface area contributed by atoms with Crippen LogP contribution in [0.4, 0.5) is 0 Å². The van der Waals surface area contributed by atoms with Gasteiger partial charge < -0.3 is 29.4 Å². The molecule has 0 radical (unpaired) electrons. The molecule has 0 fully saturated rings. The third-order valence-corrected chi connectivity index (χ3v) is 3.66. The second kappa shape index (κ2) is 9.16. The Morgan fingerprint density at radius 3 is 1.48 bits per heavy atom. The summed E-state index contributed by atoms with van der Waals surface area (Å²) in [4.78, 5) is 60.2. The van der Waals surface area contributed by atoms with Gasteiger partial charge in [0.25, 0.3) is 0 Å². The standard InChI is InChI=1S/C4H12O15P4/c5-20(6)16-1-3(18-22(10,11)12)4(19-23(13,14)15)2-17-21(7,8)9/h3-4H,1-2H2,(H6-,5,6,7,8,9,10,11,12,13,14,15)/p+1/t3-,4+/m0/s1. The molecule has 0 heterocycles. The third-order valence-electron chi connectivity index (χ3n) is 1.72. The van der Waals surface area contributed by atoms with Gasteiger partial charge in [-0.2, -0.15) is 0 Å². The topological polar surface area (TPSA) is 247 Å². The molecule has 0 aromatic heterocycles. The Hall–Kier alpha value is 0.350. The van der Waals surface area contributed by atoms with Crippen LogP contribution in [0, 0.1) is 0 Å². The smallest absolute Gasteiger partial charge is 0.303 e. The highest BCUT2D eigenvalue weighted by Gasteiger charge is 2.38. The number of phosphoric acid groups is 3. The van der Waals surface area contributed by atoms with Crippen LogP contribution in [-0.2, 0) is 36.4 Å². The van der Waals surface area contributed by atoms with E-state index in [4.69, 9.17) is 34.3 Å². The maximum absolute atomic E-state index is 10.8. The summed E-state index contributed by atoms with van der Waals surface area (Å²) in [5, 5.41) is 0. The van der Waals surface area contributed by atoms with E-state index in [9.17, 15) is 18.3 Å². The van der Waals surface area contributed by atoms with Crippen molar-refractivity contribution in [1.29, 1.82) is 0 Å². The average Bonchev–Trinajstić information content (AvgIpc) is 2.25. The number of phosphoric ester groups is 3. The predicted octanol–water partition coefficient (Wildman–Crippen LogP) is -1.28. The van der Waals surface area contributed by atoms with E-state index >= 15 is 0 Å². The first kappa shape index (κ1) is 23.4. The van der Waals surface area contributed by atoms with Crippen molar-refractivity contribution in [3.8, 4) is 0 Å². The Morgan fingerprint density at radius 1 is 0.783 bits per heavy atom. The van der Waals surface area contributed by atoms with Gasteiger partial charge in [-0.3, -0.25) is 13.6 Å². The van der Waals surface area contributed by atoms with Crippen LogP contribution < -0.4 is 0 Å². The summed E-state index contributed by atoms with van der Waals surface area (Å²) in [7, 11) is -19.1. The minimum Gasteiger partial charge on any atom is -0.303 e. The molecule has 0 saturated heterocycles. The van der Waals surface area contributed by atoms with Crippen LogP contribution in [0.2, 0.25) is 0 Å². The largest absolute Gasteiger partial charge is 0.694 e. The first-order valence-corrected chi connectivity index (χ1v) is 10.8. The van der Waals surface area contributed by atoms with Crippen molar-refractivity contribution in [3.63, 3.8) is 0 Å².